The van der Waals surface area contributed by atoms with E-state index in [4.69, 9.17) is 9.15 Å². The number of piperidine rings is 1. The van der Waals surface area contributed by atoms with Gasteiger partial charge in [0, 0.05) is 34.3 Å². The van der Waals surface area contributed by atoms with Gasteiger partial charge in [0.2, 0.25) is 0 Å². The van der Waals surface area contributed by atoms with Crippen LogP contribution in [-0.2, 0) is 21.5 Å². The number of hydrogen-bond acceptors (Lipinski definition) is 5. The molecule has 1 aliphatic rings. The van der Waals surface area contributed by atoms with Crippen LogP contribution in [0, 0.1) is 5.92 Å². The molecule has 1 atom stereocenters. The summed E-state index contributed by atoms with van der Waals surface area (Å²) in [4.78, 5) is 13.2. The average molecular weight is 359 g/mol. The molecule has 1 amide bonds. The van der Waals surface area contributed by atoms with Crippen molar-refractivity contribution in [3.63, 3.8) is 0 Å². The van der Waals surface area contributed by atoms with E-state index in [2.05, 4.69) is 4.72 Å². The second kappa shape index (κ2) is 8.11. The first-order chi connectivity index (χ1) is 11.3. The van der Waals surface area contributed by atoms with Crippen LogP contribution in [0.25, 0.3) is 0 Å². The highest BCUT2D eigenvalue weighted by atomic mass is 32.2. The third-order valence-electron chi connectivity index (χ3n) is 3.93. The van der Waals surface area contributed by atoms with E-state index in [1.807, 2.05) is 0 Å². The molecule has 1 aromatic rings. The van der Waals surface area contributed by atoms with Crippen LogP contribution in [0.3, 0.4) is 0 Å². The van der Waals surface area contributed by atoms with Crippen LogP contribution in [0.4, 0.5) is 0 Å². The first-order valence-electron chi connectivity index (χ1n) is 7.87. The lowest BCUT2D eigenvalue weighted by molar-refractivity contribution is 0.0795. The summed E-state index contributed by atoms with van der Waals surface area (Å²) in [6, 6.07) is 3.14. The summed E-state index contributed by atoms with van der Waals surface area (Å²) < 4.78 is 39.3. The van der Waals surface area contributed by atoms with Crippen molar-refractivity contribution in [1.82, 2.24) is 13.9 Å². The quantitative estimate of drug-likeness (QED) is 0.773. The summed E-state index contributed by atoms with van der Waals surface area (Å²) in [6.45, 7) is 1.51. The number of methoxy groups -OCH3 is 1. The molecule has 0 aliphatic carbocycles. The number of furan rings is 1. The van der Waals surface area contributed by atoms with Crippen LogP contribution in [-0.4, -0.2) is 64.4 Å². The summed E-state index contributed by atoms with van der Waals surface area (Å²) in [5, 5.41) is 0. The Bertz CT molecular complexity index is 654. The van der Waals surface area contributed by atoms with E-state index in [0.29, 0.717) is 25.5 Å². The Kier molecular flexibility index (Phi) is 6.39. The predicted octanol–water partition coefficient (Wildman–Crippen LogP) is 0.674. The minimum Gasteiger partial charge on any atom is -0.455 e. The molecule has 1 saturated heterocycles. The molecule has 2 rings (SSSR count). The van der Waals surface area contributed by atoms with Crippen molar-refractivity contribution in [2.75, 3.05) is 40.9 Å². The van der Waals surface area contributed by atoms with Gasteiger partial charge in [0.05, 0.1) is 13.2 Å². The third kappa shape index (κ3) is 4.79. The normalized spacial score (nSPS) is 19.4. The number of carbonyl (C=O) groups excluding carboxylic acids is 1. The minimum atomic E-state index is -3.59. The number of nitrogens with one attached hydrogen (secondary N) is 1. The van der Waals surface area contributed by atoms with Gasteiger partial charge in [-0.1, -0.05) is 0 Å². The number of rotatable bonds is 7. The van der Waals surface area contributed by atoms with E-state index >= 15 is 0 Å². The van der Waals surface area contributed by atoms with Gasteiger partial charge in [-0.3, -0.25) is 4.79 Å². The molecule has 0 saturated carbocycles. The van der Waals surface area contributed by atoms with E-state index < -0.39 is 10.2 Å². The van der Waals surface area contributed by atoms with E-state index in [9.17, 15) is 13.2 Å². The van der Waals surface area contributed by atoms with Crippen molar-refractivity contribution in [1.29, 1.82) is 0 Å². The van der Waals surface area contributed by atoms with Crippen LogP contribution in [0.5, 0.6) is 0 Å². The molecule has 0 radical (unpaired) electrons. The van der Waals surface area contributed by atoms with Crippen molar-refractivity contribution in [2.45, 2.75) is 19.4 Å². The summed E-state index contributed by atoms with van der Waals surface area (Å²) >= 11 is 0. The monoisotopic (exact) mass is 359 g/mol. The maximum Gasteiger partial charge on any atom is 0.289 e. The van der Waals surface area contributed by atoms with Gasteiger partial charge in [-0.25, -0.2) is 0 Å². The molecule has 8 nitrogen and oxygen atoms in total. The zero-order valence-corrected chi connectivity index (χ0v) is 15.1. The lowest BCUT2D eigenvalue weighted by atomic mass is 10.0. The Morgan fingerprint density at radius 1 is 1.46 bits per heavy atom. The maximum atomic E-state index is 12.4. The van der Waals surface area contributed by atoms with E-state index in [1.165, 1.54) is 9.21 Å². The molecule has 2 heterocycles. The number of ether oxygens (including phenoxy) is 1. The number of amides is 1. The molecule has 1 aromatic heterocycles. The maximum absolute atomic E-state index is 12.4. The number of nitrogens with zero attached hydrogens (tertiary/aromatic N) is 2. The lowest BCUT2D eigenvalue weighted by Gasteiger charge is -2.31. The van der Waals surface area contributed by atoms with Gasteiger partial charge in [0.25, 0.3) is 16.1 Å². The first kappa shape index (κ1) is 18.9. The van der Waals surface area contributed by atoms with Gasteiger partial charge in [-0.2, -0.15) is 17.4 Å². The SMILES string of the molecule is COC[C@H]1CCCN(S(=O)(=O)NCc2ccc(C(=O)N(C)C)o2)C1. The number of carbonyl (C=O) groups is 1. The topological polar surface area (TPSA) is 92.1 Å². The molecule has 0 unspecified atom stereocenters. The Labute approximate surface area is 142 Å². The summed E-state index contributed by atoms with van der Waals surface area (Å²) in [7, 11) is 1.28. The van der Waals surface area contributed by atoms with Gasteiger partial charge >= 0.3 is 0 Å². The van der Waals surface area contributed by atoms with Crippen LogP contribution in [0.2, 0.25) is 0 Å². The molecular formula is C15H25N3O5S. The average Bonchev–Trinajstić information content (AvgIpc) is 3.02. The molecule has 0 aromatic carbocycles. The smallest absolute Gasteiger partial charge is 0.289 e. The molecule has 1 N–H and O–H groups in total. The van der Waals surface area contributed by atoms with Crippen LogP contribution in [0.15, 0.2) is 16.5 Å². The predicted molar refractivity (Wildman–Crippen MR) is 88.7 cm³/mol. The zero-order valence-electron chi connectivity index (χ0n) is 14.3. The summed E-state index contributed by atoms with van der Waals surface area (Å²) in [5.41, 5.74) is 0. The molecular weight excluding hydrogens is 334 g/mol. The second-order valence-electron chi connectivity index (χ2n) is 6.11. The van der Waals surface area contributed by atoms with Crippen molar-refractivity contribution < 1.29 is 22.4 Å². The highest BCUT2D eigenvalue weighted by Crippen LogP contribution is 2.19. The van der Waals surface area contributed by atoms with Gasteiger partial charge in [0.15, 0.2) is 5.76 Å². The Morgan fingerprint density at radius 3 is 2.88 bits per heavy atom. The number of hydrogen-bond donors (Lipinski definition) is 1. The third-order valence-corrected chi connectivity index (χ3v) is 5.45. The van der Waals surface area contributed by atoms with E-state index in [1.54, 1.807) is 33.3 Å². The van der Waals surface area contributed by atoms with Crippen molar-refractivity contribution >= 4 is 16.1 Å². The Hall–Kier alpha value is -1.42. The minimum absolute atomic E-state index is 0.00842. The van der Waals surface area contributed by atoms with Crippen LogP contribution < -0.4 is 4.72 Å². The van der Waals surface area contributed by atoms with Gasteiger partial charge in [-0.15, -0.1) is 0 Å². The van der Waals surface area contributed by atoms with Crippen molar-refractivity contribution in [3.05, 3.63) is 23.7 Å². The molecule has 0 bridgehead atoms. The summed E-state index contributed by atoms with van der Waals surface area (Å²) in [5.74, 6) is 0.539. The fourth-order valence-corrected chi connectivity index (χ4v) is 3.96. The first-order valence-corrected chi connectivity index (χ1v) is 9.31. The molecule has 24 heavy (non-hydrogen) atoms. The molecule has 1 fully saturated rings. The largest absolute Gasteiger partial charge is 0.455 e. The Balaban J connectivity index is 1.94. The van der Waals surface area contributed by atoms with E-state index in [0.717, 1.165) is 12.8 Å². The second-order valence-corrected chi connectivity index (χ2v) is 7.87. The zero-order chi connectivity index (χ0) is 17.7. The van der Waals surface area contributed by atoms with Crippen molar-refractivity contribution in [3.8, 4) is 0 Å². The fourth-order valence-electron chi connectivity index (χ4n) is 2.68. The lowest BCUT2D eigenvalue weighted by Crippen LogP contribution is -2.46. The molecule has 9 heteroatoms. The molecule has 136 valence electrons. The molecule has 0 spiro atoms. The highest BCUT2D eigenvalue weighted by molar-refractivity contribution is 7.87. The van der Waals surface area contributed by atoms with Crippen LogP contribution >= 0.6 is 0 Å². The standard InChI is InChI=1S/C15H25N3O5S/c1-17(2)15(19)14-7-6-13(23-14)9-16-24(20,21)18-8-4-5-12(10-18)11-22-3/h6-7,12,16H,4-5,8-11H2,1-3H3/t12-/m0/s1. The van der Waals surface area contributed by atoms with Gasteiger partial charge < -0.3 is 14.1 Å². The Morgan fingerprint density at radius 2 is 2.21 bits per heavy atom. The fraction of sp³-hybridized carbons (Fsp3) is 0.667. The van der Waals surface area contributed by atoms with Crippen molar-refractivity contribution in [2.24, 2.45) is 5.92 Å². The summed E-state index contributed by atoms with van der Waals surface area (Å²) in [6.07, 6.45) is 1.78. The van der Waals surface area contributed by atoms with Gasteiger partial charge in [0.1, 0.15) is 5.76 Å². The van der Waals surface area contributed by atoms with Gasteiger partial charge in [-0.05, 0) is 30.9 Å². The molecule has 1 aliphatic heterocycles. The van der Waals surface area contributed by atoms with E-state index in [-0.39, 0.29) is 24.1 Å². The van der Waals surface area contributed by atoms with Crippen LogP contribution in [0.1, 0.15) is 29.2 Å². The highest BCUT2D eigenvalue weighted by Gasteiger charge is 2.28.